The summed E-state index contributed by atoms with van der Waals surface area (Å²) in [5, 5.41) is 8.73. The third kappa shape index (κ3) is 4.30. The Balaban J connectivity index is 1.60. The van der Waals surface area contributed by atoms with Crippen LogP contribution in [0.5, 0.6) is 0 Å². The molecule has 24 heavy (non-hydrogen) atoms. The number of carbonyl (C=O) groups is 1. The average Bonchev–Trinajstić information content (AvgIpc) is 2.79. The molecule has 3 rings (SSSR count). The van der Waals surface area contributed by atoms with Gasteiger partial charge < -0.3 is 10.0 Å². The van der Waals surface area contributed by atoms with E-state index in [0.717, 1.165) is 18.7 Å². The lowest BCUT2D eigenvalue weighted by atomic mass is 10.1. The van der Waals surface area contributed by atoms with Crippen molar-refractivity contribution < 1.29 is 9.90 Å². The molecule has 0 aromatic heterocycles. The van der Waals surface area contributed by atoms with Crippen molar-refractivity contribution in [2.75, 3.05) is 26.2 Å². The molecular weight excluding hydrogens is 300 g/mol. The fraction of sp³-hybridized carbons (Fsp3) is 0.550. The van der Waals surface area contributed by atoms with Crippen LogP contribution in [0.15, 0.2) is 35.6 Å². The molecule has 1 N–H and O–H groups in total. The van der Waals surface area contributed by atoms with Crippen LogP contribution in [0.3, 0.4) is 0 Å². The Morgan fingerprint density at radius 3 is 2.67 bits per heavy atom. The highest BCUT2D eigenvalue weighted by atomic mass is 16.2. The number of rotatable bonds is 3. The molecule has 1 aliphatic carbocycles. The Kier molecular flexibility index (Phi) is 5.77. The van der Waals surface area contributed by atoms with Gasteiger partial charge >= 0.3 is 0 Å². The standard InChI is InChI=1S/C20H26N2O2/c23-13-10-18-14-20(24)22(16-18)19-7-5-6-17(8-9-19)15-21-11-3-1-2-4-12-21/h6-9,18,23H,1-5,11-12,14-16H2. The molecule has 0 bridgehead atoms. The normalized spacial score (nSPS) is 25.4. The van der Waals surface area contributed by atoms with Gasteiger partial charge in [-0.15, -0.1) is 0 Å². The van der Waals surface area contributed by atoms with E-state index < -0.39 is 0 Å². The van der Waals surface area contributed by atoms with Gasteiger partial charge in [-0.05, 0) is 44.0 Å². The summed E-state index contributed by atoms with van der Waals surface area (Å²) in [5.74, 6) is 2.73. The maximum absolute atomic E-state index is 12.2. The molecule has 0 aromatic carbocycles. The van der Waals surface area contributed by atoms with Crippen LogP contribution < -0.4 is 0 Å². The van der Waals surface area contributed by atoms with Gasteiger partial charge in [0.05, 0.1) is 5.92 Å². The lowest BCUT2D eigenvalue weighted by molar-refractivity contribution is -0.125. The average molecular weight is 326 g/mol. The highest BCUT2D eigenvalue weighted by molar-refractivity contribution is 5.81. The smallest absolute Gasteiger partial charge is 0.228 e. The van der Waals surface area contributed by atoms with Crippen LogP contribution in [-0.4, -0.2) is 47.0 Å². The molecule has 2 heterocycles. The third-order valence-corrected chi connectivity index (χ3v) is 4.99. The zero-order chi connectivity index (χ0) is 16.8. The van der Waals surface area contributed by atoms with Crippen LogP contribution in [0, 0.1) is 17.9 Å². The SMILES string of the molecule is O=C1CC(C#CO)CN1C1=CCC=C(CN2CCCCCC2)C=C1. The van der Waals surface area contributed by atoms with Crippen LogP contribution in [0.25, 0.3) is 0 Å². The van der Waals surface area contributed by atoms with Crippen LogP contribution in [0.4, 0.5) is 0 Å². The van der Waals surface area contributed by atoms with Gasteiger partial charge in [0, 0.05) is 25.2 Å². The van der Waals surface area contributed by atoms with Gasteiger partial charge in [0.1, 0.15) is 6.11 Å². The fourth-order valence-electron chi connectivity index (χ4n) is 3.67. The molecule has 2 saturated heterocycles. The van der Waals surface area contributed by atoms with Crippen molar-refractivity contribution in [1.82, 2.24) is 9.80 Å². The lowest BCUT2D eigenvalue weighted by Gasteiger charge is -2.20. The van der Waals surface area contributed by atoms with Crippen molar-refractivity contribution in [2.24, 2.45) is 5.92 Å². The second kappa shape index (κ2) is 8.21. The molecule has 2 aliphatic heterocycles. The molecule has 1 amide bonds. The quantitative estimate of drug-likeness (QED) is 0.811. The largest absolute Gasteiger partial charge is 0.462 e. The van der Waals surface area contributed by atoms with Crippen molar-refractivity contribution in [3.05, 3.63) is 35.6 Å². The predicted octanol–water partition coefficient (Wildman–Crippen LogP) is 2.81. The minimum atomic E-state index is -0.0652. The van der Waals surface area contributed by atoms with Crippen molar-refractivity contribution >= 4 is 5.91 Å². The van der Waals surface area contributed by atoms with E-state index in [2.05, 4.69) is 35.1 Å². The van der Waals surface area contributed by atoms with E-state index in [0.29, 0.717) is 13.0 Å². The van der Waals surface area contributed by atoms with E-state index in [1.807, 2.05) is 6.11 Å². The number of aliphatic hydroxyl groups is 1. The summed E-state index contributed by atoms with van der Waals surface area (Å²) >= 11 is 0. The Bertz CT molecular complexity index is 613. The molecule has 1 unspecified atom stereocenters. The second-order valence-electron chi connectivity index (χ2n) is 6.83. The number of nitrogens with zero attached hydrogens (tertiary/aromatic N) is 2. The topological polar surface area (TPSA) is 43.8 Å². The predicted molar refractivity (Wildman–Crippen MR) is 94.4 cm³/mol. The Hall–Kier alpha value is -1.99. The van der Waals surface area contributed by atoms with Crippen LogP contribution >= 0.6 is 0 Å². The number of hydrogen-bond acceptors (Lipinski definition) is 3. The molecule has 2 fully saturated rings. The molecular formula is C20H26N2O2. The lowest BCUT2D eigenvalue weighted by Crippen LogP contribution is -2.26. The third-order valence-electron chi connectivity index (χ3n) is 4.99. The summed E-state index contributed by atoms with van der Waals surface area (Å²) in [6.45, 7) is 3.96. The van der Waals surface area contributed by atoms with Gasteiger partial charge in [-0.1, -0.05) is 37.0 Å². The van der Waals surface area contributed by atoms with Crippen molar-refractivity contribution in [1.29, 1.82) is 0 Å². The number of aliphatic hydroxyl groups excluding tert-OH is 1. The summed E-state index contributed by atoms with van der Waals surface area (Å²) in [4.78, 5) is 16.5. The molecule has 0 radical (unpaired) electrons. The van der Waals surface area contributed by atoms with E-state index >= 15 is 0 Å². The number of carbonyl (C=O) groups excluding carboxylic acids is 1. The number of hydrogen-bond donors (Lipinski definition) is 1. The fourth-order valence-corrected chi connectivity index (χ4v) is 3.67. The first-order chi connectivity index (χ1) is 11.8. The summed E-state index contributed by atoms with van der Waals surface area (Å²) < 4.78 is 0. The molecule has 128 valence electrons. The summed E-state index contributed by atoms with van der Waals surface area (Å²) in [5.41, 5.74) is 2.30. The first kappa shape index (κ1) is 16.9. The molecule has 1 atom stereocenters. The Labute approximate surface area is 144 Å². The van der Waals surface area contributed by atoms with E-state index in [-0.39, 0.29) is 11.8 Å². The minimum Gasteiger partial charge on any atom is -0.462 e. The maximum Gasteiger partial charge on any atom is 0.228 e. The molecule has 4 heteroatoms. The van der Waals surface area contributed by atoms with E-state index in [9.17, 15) is 4.79 Å². The van der Waals surface area contributed by atoms with Gasteiger partial charge in [0.2, 0.25) is 5.91 Å². The van der Waals surface area contributed by atoms with Gasteiger partial charge in [-0.25, -0.2) is 0 Å². The van der Waals surface area contributed by atoms with E-state index in [1.54, 1.807) is 4.90 Å². The molecule has 0 saturated carbocycles. The van der Waals surface area contributed by atoms with Crippen LogP contribution in [0.1, 0.15) is 38.5 Å². The molecule has 4 nitrogen and oxygen atoms in total. The van der Waals surface area contributed by atoms with Gasteiger partial charge in [-0.2, -0.15) is 0 Å². The highest BCUT2D eigenvalue weighted by Crippen LogP contribution is 2.24. The maximum atomic E-state index is 12.2. The summed E-state index contributed by atoms with van der Waals surface area (Å²) in [7, 11) is 0. The second-order valence-corrected chi connectivity index (χ2v) is 6.83. The first-order valence-corrected chi connectivity index (χ1v) is 9.01. The number of allylic oxidation sites excluding steroid dienone is 3. The van der Waals surface area contributed by atoms with Gasteiger partial charge in [-0.3, -0.25) is 9.69 Å². The molecule has 0 aromatic rings. The number of likely N-dealkylation sites (tertiary alicyclic amines) is 2. The monoisotopic (exact) mass is 326 g/mol. The van der Waals surface area contributed by atoms with E-state index in [1.165, 1.54) is 44.3 Å². The zero-order valence-electron chi connectivity index (χ0n) is 14.2. The van der Waals surface area contributed by atoms with Crippen molar-refractivity contribution in [3.63, 3.8) is 0 Å². The zero-order valence-corrected chi connectivity index (χ0v) is 14.2. The molecule has 3 aliphatic rings. The first-order valence-electron chi connectivity index (χ1n) is 9.01. The van der Waals surface area contributed by atoms with Crippen LogP contribution in [-0.2, 0) is 4.79 Å². The minimum absolute atomic E-state index is 0.0652. The number of amides is 1. The molecule has 0 spiro atoms. The van der Waals surface area contributed by atoms with Crippen molar-refractivity contribution in [3.8, 4) is 12.0 Å². The highest BCUT2D eigenvalue weighted by Gasteiger charge is 2.30. The Morgan fingerprint density at radius 2 is 1.92 bits per heavy atom. The van der Waals surface area contributed by atoms with Gasteiger partial charge in [0.25, 0.3) is 0 Å². The summed E-state index contributed by atoms with van der Waals surface area (Å²) in [6, 6.07) is 0. The summed E-state index contributed by atoms with van der Waals surface area (Å²) in [6.07, 6.45) is 17.1. The van der Waals surface area contributed by atoms with Gasteiger partial charge in [0.15, 0.2) is 0 Å². The van der Waals surface area contributed by atoms with Crippen molar-refractivity contribution in [2.45, 2.75) is 38.5 Å². The van der Waals surface area contributed by atoms with E-state index in [4.69, 9.17) is 5.11 Å². The van der Waals surface area contributed by atoms with Crippen LogP contribution in [0.2, 0.25) is 0 Å². The Morgan fingerprint density at radius 1 is 1.12 bits per heavy atom.